The van der Waals surface area contributed by atoms with Crippen molar-refractivity contribution in [2.75, 3.05) is 19.8 Å². The largest absolute Gasteiger partial charge is 0.480 e. The van der Waals surface area contributed by atoms with Crippen LogP contribution in [0.25, 0.3) is 0 Å². The van der Waals surface area contributed by atoms with E-state index in [9.17, 15) is 34.1 Å². The van der Waals surface area contributed by atoms with Gasteiger partial charge in [0.1, 0.15) is 12.7 Å². The number of carbonyl (C=O) groups excluding carboxylic acids is 2. The lowest BCUT2D eigenvalue weighted by Crippen LogP contribution is -2.43. The van der Waals surface area contributed by atoms with Crippen molar-refractivity contribution in [2.45, 2.75) is 187 Å². The van der Waals surface area contributed by atoms with E-state index in [1.807, 2.05) is 0 Å². The zero-order valence-corrected chi connectivity index (χ0v) is 32.8. The molecular weight excluding hydrogens is 673 g/mol. The summed E-state index contributed by atoms with van der Waals surface area (Å²) in [7, 11) is -4.75. The fourth-order valence-corrected chi connectivity index (χ4v) is 6.08. The first-order valence-corrected chi connectivity index (χ1v) is 21.4. The van der Waals surface area contributed by atoms with Crippen molar-refractivity contribution < 1.29 is 47.8 Å². The number of aliphatic hydroxyl groups excluding tert-OH is 1. The molecule has 3 unspecified atom stereocenters. The Morgan fingerprint density at radius 3 is 1.51 bits per heavy atom. The monoisotopic (exact) mass is 745 g/mol. The quantitative estimate of drug-likeness (QED) is 0.0208. The number of allylic oxidation sites excluding steroid dienone is 4. The summed E-state index contributed by atoms with van der Waals surface area (Å²) in [5.74, 6) is -2.39. The molecular formula is C39H72NO10P. The Labute approximate surface area is 309 Å². The average molecular weight is 746 g/mol. The predicted molar refractivity (Wildman–Crippen MR) is 203 cm³/mol. The molecule has 1 amide bonds. The highest BCUT2D eigenvalue weighted by Crippen LogP contribution is 2.43. The Morgan fingerprint density at radius 2 is 1.02 bits per heavy atom. The molecule has 0 rings (SSSR count). The molecule has 0 saturated carbocycles. The highest BCUT2D eigenvalue weighted by molar-refractivity contribution is 7.47. The number of aliphatic carboxylic acids is 1. The van der Waals surface area contributed by atoms with E-state index < -0.39 is 57.6 Å². The molecule has 0 saturated heterocycles. The van der Waals surface area contributed by atoms with E-state index >= 15 is 0 Å². The van der Waals surface area contributed by atoms with Gasteiger partial charge in [-0.3, -0.25) is 18.6 Å². The lowest BCUT2D eigenvalue weighted by Gasteiger charge is -2.18. The zero-order chi connectivity index (χ0) is 37.8. The highest BCUT2D eigenvalue weighted by Gasteiger charge is 2.28. The van der Waals surface area contributed by atoms with Gasteiger partial charge in [-0.25, -0.2) is 9.36 Å². The second kappa shape index (κ2) is 35.0. The van der Waals surface area contributed by atoms with E-state index in [-0.39, 0.29) is 12.8 Å². The first kappa shape index (κ1) is 49.0. The van der Waals surface area contributed by atoms with Crippen LogP contribution in [-0.2, 0) is 32.7 Å². The minimum absolute atomic E-state index is 0.136. The van der Waals surface area contributed by atoms with Gasteiger partial charge in [-0.15, -0.1) is 0 Å². The van der Waals surface area contributed by atoms with Crippen molar-refractivity contribution >= 4 is 25.7 Å². The van der Waals surface area contributed by atoms with Gasteiger partial charge in [0.25, 0.3) is 0 Å². The normalized spacial score (nSPS) is 14.1. The summed E-state index contributed by atoms with van der Waals surface area (Å²) in [5, 5.41) is 21.7. The van der Waals surface area contributed by atoms with Gasteiger partial charge in [0.05, 0.1) is 13.2 Å². The summed E-state index contributed by atoms with van der Waals surface area (Å²) in [4.78, 5) is 45.7. The summed E-state index contributed by atoms with van der Waals surface area (Å²) in [6.07, 6.45) is 33.5. The summed E-state index contributed by atoms with van der Waals surface area (Å²) in [6.45, 7) is 2.53. The second-order valence-electron chi connectivity index (χ2n) is 13.5. The lowest BCUT2D eigenvalue weighted by atomic mass is 10.1. The number of carbonyl (C=O) groups is 3. The van der Waals surface area contributed by atoms with Gasteiger partial charge in [-0.1, -0.05) is 122 Å². The lowest BCUT2D eigenvalue weighted by molar-refractivity contribution is -0.147. The molecule has 0 radical (unpaired) electrons. The third-order valence-corrected chi connectivity index (χ3v) is 9.41. The van der Waals surface area contributed by atoms with Gasteiger partial charge in [-0.2, -0.15) is 0 Å². The number of rotatable bonds is 37. The van der Waals surface area contributed by atoms with Crippen LogP contribution in [0.2, 0.25) is 0 Å². The van der Waals surface area contributed by atoms with Crippen LogP contribution in [0, 0.1) is 0 Å². The molecule has 0 aromatic carbocycles. The molecule has 298 valence electrons. The van der Waals surface area contributed by atoms with Gasteiger partial charge < -0.3 is 25.2 Å². The topological polar surface area (TPSA) is 169 Å². The van der Waals surface area contributed by atoms with Crippen LogP contribution in [0.3, 0.4) is 0 Å². The van der Waals surface area contributed by atoms with E-state index in [4.69, 9.17) is 13.8 Å². The van der Waals surface area contributed by atoms with Crippen molar-refractivity contribution in [1.82, 2.24) is 5.32 Å². The molecule has 0 fully saturated rings. The Morgan fingerprint density at radius 1 is 0.608 bits per heavy atom. The molecule has 12 heteroatoms. The molecule has 4 N–H and O–H groups in total. The Hall–Kier alpha value is -2.04. The standard InChI is InChI=1S/C39H72NO10P/c1-3-5-7-9-11-13-15-17-19-21-23-25-27-29-31-38(43)48-32-35(41)33-49-51(46,47)50-34-36(39(44)45)40-37(42)30-28-26-24-22-20-18-16-14-12-10-8-6-4-2/h14-17,35-36,41H,3-13,18-34H2,1-2H3,(H,40,42)(H,44,45)(H,46,47)/b16-14-,17-15-. The number of carboxylic acid groups (broad SMARTS) is 1. The van der Waals surface area contributed by atoms with E-state index in [2.05, 4.69) is 43.5 Å². The maximum absolute atomic E-state index is 12.2. The molecule has 11 nitrogen and oxygen atoms in total. The van der Waals surface area contributed by atoms with E-state index in [1.165, 1.54) is 57.8 Å². The molecule has 0 aliphatic carbocycles. The van der Waals surface area contributed by atoms with E-state index in [0.29, 0.717) is 12.8 Å². The molecule has 0 heterocycles. The summed E-state index contributed by atoms with van der Waals surface area (Å²) >= 11 is 0. The Bertz CT molecular complexity index is 974. The fraction of sp³-hybridized carbons (Fsp3) is 0.821. The SMILES string of the molecule is CCCCCC/C=C\CCCCCCCC(=O)NC(COP(=O)(O)OCC(O)COC(=O)CCCCCCC/C=C\CCCCCCC)C(=O)O. The van der Waals surface area contributed by atoms with Gasteiger partial charge in [-0.05, 0) is 64.2 Å². The predicted octanol–water partition coefficient (Wildman–Crippen LogP) is 9.50. The number of amides is 1. The highest BCUT2D eigenvalue weighted by atomic mass is 31.2. The molecule has 0 spiro atoms. The van der Waals surface area contributed by atoms with E-state index in [1.54, 1.807) is 0 Å². The number of hydrogen-bond acceptors (Lipinski definition) is 8. The van der Waals surface area contributed by atoms with Crippen molar-refractivity contribution in [1.29, 1.82) is 0 Å². The minimum Gasteiger partial charge on any atom is -0.480 e. The number of aliphatic hydroxyl groups is 1. The first-order chi connectivity index (χ1) is 24.6. The Kier molecular flexibility index (Phi) is 33.6. The smallest absolute Gasteiger partial charge is 0.472 e. The molecule has 0 aliphatic rings. The molecule has 0 aliphatic heterocycles. The maximum atomic E-state index is 12.2. The fourth-order valence-electron chi connectivity index (χ4n) is 5.30. The van der Waals surface area contributed by atoms with Gasteiger partial charge in [0.15, 0.2) is 6.04 Å². The van der Waals surface area contributed by atoms with Crippen molar-refractivity contribution in [2.24, 2.45) is 0 Å². The van der Waals surface area contributed by atoms with Crippen molar-refractivity contribution in [3.8, 4) is 0 Å². The zero-order valence-electron chi connectivity index (χ0n) is 31.9. The van der Waals surface area contributed by atoms with E-state index in [0.717, 1.165) is 77.0 Å². The number of phosphoric acid groups is 1. The summed E-state index contributed by atoms with van der Waals surface area (Å²) in [5.41, 5.74) is 0. The first-order valence-electron chi connectivity index (χ1n) is 19.9. The van der Waals surface area contributed by atoms with Gasteiger partial charge in [0.2, 0.25) is 5.91 Å². The summed E-state index contributed by atoms with van der Waals surface area (Å²) in [6, 6.07) is -1.55. The molecule has 3 atom stereocenters. The van der Waals surface area contributed by atoms with Crippen LogP contribution in [0.4, 0.5) is 0 Å². The van der Waals surface area contributed by atoms with Crippen LogP contribution in [0.5, 0.6) is 0 Å². The van der Waals surface area contributed by atoms with Crippen LogP contribution >= 0.6 is 7.82 Å². The van der Waals surface area contributed by atoms with Crippen molar-refractivity contribution in [3.05, 3.63) is 24.3 Å². The van der Waals surface area contributed by atoms with Crippen LogP contribution in [0.15, 0.2) is 24.3 Å². The maximum Gasteiger partial charge on any atom is 0.472 e. The number of hydrogen-bond donors (Lipinski definition) is 4. The number of carboxylic acids is 1. The number of phosphoric ester groups is 1. The number of esters is 1. The molecule has 51 heavy (non-hydrogen) atoms. The molecule has 0 aromatic rings. The number of unbranched alkanes of at least 4 members (excludes halogenated alkanes) is 19. The van der Waals surface area contributed by atoms with Crippen LogP contribution in [0.1, 0.15) is 174 Å². The van der Waals surface area contributed by atoms with Gasteiger partial charge >= 0.3 is 19.8 Å². The third-order valence-electron chi connectivity index (χ3n) is 8.46. The van der Waals surface area contributed by atoms with Crippen LogP contribution in [-0.4, -0.2) is 64.9 Å². The number of ether oxygens (including phenoxy) is 1. The van der Waals surface area contributed by atoms with Crippen molar-refractivity contribution in [3.63, 3.8) is 0 Å². The molecule has 0 aromatic heterocycles. The molecule has 0 bridgehead atoms. The second-order valence-corrected chi connectivity index (χ2v) is 14.9. The van der Waals surface area contributed by atoms with Crippen LogP contribution < -0.4 is 5.32 Å². The summed E-state index contributed by atoms with van der Waals surface area (Å²) < 4.78 is 26.7. The number of nitrogens with one attached hydrogen (secondary N) is 1. The average Bonchev–Trinajstić information content (AvgIpc) is 3.10. The minimum atomic E-state index is -4.75. The Balaban J connectivity index is 3.97. The third kappa shape index (κ3) is 34.8. The van der Waals surface area contributed by atoms with Gasteiger partial charge in [0, 0.05) is 12.8 Å².